The molecule has 0 aromatic heterocycles. The molecule has 0 bridgehead atoms. The van der Waals surface area contributed by atoms with Crippen molar-refractivity contribution in [1.82, 2.24) is 0 Å². The van der Waals surface area contributed by atoms with E-state index in [0.717, 1.165) is 0 Å². The van der Waals surface area contributed by atoms with Crippen LogP contribution in [0.5, 0.6) is 0 Å². The third-order valence-electron chi connectivity index (χ3n) is 1.90. The average Bonchev–Trinajstić information content (AvgIpc) is 2.20. The minimum absolute atomic E-state index is 0.0786. The van der Waals surface area contributed by atoms with Crippen molar-refractivity contribution in [3.63, 3.8) is 0 Å². The number of benzene rings is 1. The van der Waals surface area contributed by atoms with Gasteiger partial charge in [-0.25, -0.2) is 4.39 Å². The van der Waals surface area contributed by atoms with E-state index >= 15 is 0 Å². The van der Waals surface area contributed by atoms with Gasteiger partial charge in [-0.1, -0.05) is 24.6 Å². The van der Waals surface area contributed by atoms with E-state index in [4.69, 9.17) is 16.7 Å². The summed E-state index contributed by atoms with van der Waals surface area (Å²) in [6.07, 6.45) is 0. The lowest BCUT2D eigenvalue weighted by atomic mass is 10.2. The van der Waals surface area contributed by atoms with Crippen LogP contribution < -0.4 is 5.32 Å². The van der Waals surface area contributed by atoms with Crippen LogP contribution in [0.25, 0.3) is 0 Å². The van der Waals surface area contributed by atoms with Crippen LogP contribution in [0.2, 0.25) is 5.02 Å². The number of hydrogen-bond acceptors (Lipinski definition) is 2. The van der Waals surface area contributed by atoms with Crippen LogP contribution in [0.15, 0.2) is 18.2 Å². The summed E-state index contributed by atoms with van der Waals surface area (Å²) in [5.74, 6) is -0.354. The number of halogens is 2. The molecule has 1 atom stereocenters. The summed E-state index contributed by atoms with van der Waals surface area (Å²) in [6.45, 7) is 2.47. The summed E-state index contributed by atoms with van der Waals surface area (Å²) < 4.78 is 13.3. The molecule has 4 heteroatoms. The molecule has 0 aliphatic carbocycles. The lowest BCUT2D eigenvalue weighted by Gasteiger charge is -2.11. The summed E-state index contributed by atoms with van der Waals surface area (Å²) in [5.41, 5.74) is 0.373. The van der Waals surface area contributed by atoms with Crippen molar-refractivity contribution >= 4 is 17.3 Å². The second-order valence-electron chi connectivity index (χ2n) is 3.27. The number of rotatable bonds is 4. The average molecular weight is 218 g/mol. The van der Waals surface area contributed by atoms with E-state index in [2.05, 4.69) is 5.32 Å². The highest BCUT2D eigenvalue weighted by atomic mass is 35.5. The third-order valence-corrected chi connectivity index (χ3v) is 2.20. The topological polar surface area (TPSA) is 32.3 Å². The maximum Gasteiger partial charge on any atom is 0.164 e. The first-order valence-corrected chi connectivity index (χ1v) is 4.81. The summed E-state index contributed by atoms with van der Waals surface area (Å²) >= 11 is 5.60. The summed E-state index contributed by atoms with van der Waals surface area (Å²) in [6, 6.07) is 4.79. The molecule has 0 heterocycles. The molecule has 0 spiro atoms. The Bertz CT molecular complexity index is 306. The molecule has 1 aromatic rings. The lowest BCUT2D eigenvalue weighted by molar-refractivity contribution is 0.244. The van der Waals surface area contributed by atoms with E-state index in [1.807, 2.05) is 6.92 Å². The quantitative estimate of drug-likeness (QED) is 0.813. The minimum atomic E-state index is -0.445. The van der Waals surface area contributed by atoms with Crippen LogP contribution in [0.3, 0.4) is 0 Å². The van der Waals surface area contributed by atoms with Crippen molar-refractivity contribution in [3.8, 4) is 0 Å². The van der Waals surface area contributed by atoms with Crippen molar-refractivity contribution in [3.05, 3.63) is 29.0 Å². The van der Waals surface area contributed by atoms with Crippen molar-refractivity contribution in [1.29, 1.82) is 0 Å². The zero-order valence-electron chi connectivity index (χ0n) is 7.93. The molecule has 0 aliphatic heterocycles. The largest absolute Gasteiger partial charge is 0.396 e. The van der Waals surface area contributed by atoms with E-state index < -0.39 is 5.82 Å². The summed E-state index contributed by atoms with van der Waals surface area (Å²) in [4.78, 5) is 0. The molecule has 0 fully saturated rings. The monoisotopic (exact) mass is 217 g/mol. The van der Waals surface area contributed by atoms with Crippen LogP contribution in [0.4, 0.5) is 10.1 Å². The predicted octanol–water partition coefficient (Wildman–Crippen LogP) is 2.52. The van der Waals surface area contributed by atoms with E-state index in [9.17, 15) is 4.39 Å². The second kappa shape index (κ2) is 5.17. The van der Waals surface area contributed by atoms with Crippen LogP contribution in [-0.4, -0.2) is 18.3 Å². The first-order valence-electron chi connectivity index (χ1n) is 4.44. The van der Waals surface area contributed by atoms with Crippen molar-refractivity contribution < 1.29 is 9.50 Å². The standard InChI is InChI=1S/C10H13ClFNO/c1-7(6-14)5-13-9-4-2-3-8(11)10(9)12/h2-4,7,13-14H,5-6H2,1H3. The molecule has 1 unspecified atom stereocenters. The van der Waals surface area contributed by atoms with Gasteiger partial charge < -0.3 is 10.4 Å². The highest BCUT2D eigenvalue weighted by molar-refractivity contribution is 6.31. The number of nitrogens with one attached hydrogen (secondary N) is 1. The van der Waals surface area contributed by atoms with E-state index in [0.29, 0.717) is 12.2 Å². The SMILES string of the molecule is CC(CO)CNc1cccc(Cl)c1F. The van der Waals surface area contributed by atoms with Crippen LogP contribution in [-0.2, 0) is 0 Å². The molecular formula is C10H13ClFNO. The van der Waals surface area contributed by atoms with Crippen LogP contribution in [0, 0.1) is 11.7 Å². The lowest BCUT2D eigenvalue weighted by Crippen LogP contribution is -2.15. The first-order chi connectivity index (χ1) is 6.65. The molecule has 0 saturated carbocycles. The van der Waals surface area contributed by atoms with E-state index in [-0.39, 0.29) is 17.5 Å². The van der Waals surface area contributed by atoms with Gasteiger partial charge in [-0.05, 0) is 18.1 Å². The van der Waals surface area contributed by atoms with Crippen LogP contribution >= 0.6 is 11.6 Å². The highest BCUT2D eigenvalue weighted by Gasteiger charge is 2.06. The molecule has 0 amide bonds. The smallest absolute Gasteiger partial charge is 0.164 e. The van der Waals surface area contributed by atoms with E-state index in [1.165, 1.54) is 6.07 Å². The summed E-state index contributed by atoms with van der Waals surface area (Å²) in [7, 11) is 0. The van der Waals surface area contributed by atoms with Crippen molar-refractivity contribution in [2.45, 2.75) is 6.92 Å². The zero-order chi connectivity index (χ0) is 10.6. The Morgan fingerprint density at radius 2 is 2.29 bits per heavy atom. The molecule has 0 saturated heterocycles. The molecule has 14 heavy (non-hydrogen) atoms. The van der Waals surface area contributed by atoms with Gasteiger partial charge in [-0.15, -0.1) is 0 Å². The molecular weight excluding hydrogens is 205 g/mol. The Labute approximate surface area is 87.7 Å². The number of aliphatic hydroxyl groups excluding tert-OH is 1. The highest BCUT2D eigenvalue weighted by Crippen LogP contribution is 2.21. The minimum Gasteiger partial charge on any atom is -0.396 e. The molecule has 1 rings (SSSR count). The van der Waals surface area contributed by atoms with Crippen LogP contribution in [0.1, 0.15) is 6.92 Å². The van der Waals surface area contributed by atoms with Gasteiger partial charge in [0, 0.05) is 13.2 Å². The Morgan fingerprint density at radius 3 is 2.93 bits per heavy atom. The van der Waals surface area contributed by atoms with E-state index in [1.54, 1.807) is 12.1 Å². The number of hydrogen-bond donors (Lipinski definition) is 2. The van der Waals surface area contributed by atoms with Gasteiger partial charge in [0.25, 0.3) is 0 Å². The van der Waals surface area contributed by atoms with Gasteiger partial charge in [-0.3, -0.25) is 0 Å². The maximum absolute atomic E-state index is 13.3. The van der Waals surface area contributed by atoms with Gasteiger partial charge in [0.1, 0.15) is 0 Å². The fourth-order valence-corrected chi connectivity index (χ4v) is 1.16. The molecule has 2 N–H and O–H groups in total. The van der Waals surface area contributed by atoms with Gasteiger partial charge in [0.15, 0.2) is 5.82 Å². The summed E-state index contributed by atoms with van der Waals surface area (Å²) in [5, 5.41) is 11.8. The van der Waals surface area contributed by atoms with Crippen molar-refractivity contribution in [2.75, 3.05) is 18.5 Å². The number of aliphatic hydroxyl groups is 1. The third kappa shape index (κ3) is 2.86. The number of anilines is 1. The van der Waals surface area contributed by atoms with Gasteiger partial charge in [-0.2, -0.15) is 0 Å². The Kier molecular flexibility index (Phi) is 4.17. The normalized spacial score (nSPS) is 12.6. The van der Waals surface area contributed by atoms with Crippen molar-refractivity contribution in [2.24, 2.45) is 5.92 Å². The first kappa shape index (κ1) is 11.3. The Hall–Kier alpha value is -0.800. The molecule has 0 radical (unpaired) electrons. The predicted molar refractivity (Wildman–Crippen MR) is 56.1 cm³/mol. The fraction of sp³-hybridized carbons (Fsp3) is 0.400. The van der Waals surface area contributed by atoms with Gasteiger partial charge in [0.05, 0.1) is 10.7 Å². The molecule has 2 nitrogen and oxygen atoms in total. The maximum atomic E-state index is 13.3. The Balaban J connectivity index is 2.63. The fourth-order valence-electron chi connectivity index (χ4n) is 0.989. The molecule has 78 valence electrons. The van der Waals surface area contributed by atoms with Gasteiger partial charge in [0.2, 0.25) is 0 Å². The Morgan fingerprint density at radius 1 is 1.57 bits per heavy atom. The molecule has 0 aliphatic rings. The second-order valence-corrected chi connectivity index (χ2v) is 3.68. The van der Waals surface area contributed by atoms with Gasteiger partial charge >= 0.3 is 0 Å². The zero-order valence-corrected chi connectivity index (χ0v) is 8.68. The molecule has 1 aromatic carbocycles.